The van der Waals surface area contributed by atoms with Gasteiger partial charge in [-0.1, -0.05) is 41.9 Å². The third kappa shape index (κ3) is 2.04. The summed E-state index contributed by atoms with van der Waals surface area (Å²) in [6.07, 6.45) is 0. The van der Waals surface area contributed by atoms with Gasteiger partial charge in [-0.15, -0.1) is 0 Å². The number of carboxylic acid groups (broad SMARTS) is 1. The number of carboxylic acids is 1. The Balaban J connectivity index is 2.48. The Labute approximate surface area is 97.3 Å². The highest BCUT2D eigenvalue weighted by atomic mass is 35.5. The Morgan fingerprint density at radius 1 is 1.12 bits per heavy atom. The fourth-order valence-corrected chi connectivity index (χ4v) is 1.65. The highest BCUT2D eigenvalue weighted by Crippen LogP contribution is 2.26. The molecule has 16 heavy (non-hydrogen) atoms. The van der Waals surface area contributed by atoms with Gasteiger partial charge in [-0.3, -0.25) is 0 Å². The zero-order valence-corrected chi connectivity index (χ0v) is 8.98. The number of halogens is 1. The molecule has 2 aromatic rings. The second-order valence-electron chi connectivity index (χ2n) is 3.21. The number of hydrogen-bond acceptors (Lipinski definition) is 2. The summed E-state index contributed by atoms with van der Waals surface area (Å²) in [5.74, 6) is -1.08. The second-order valence-corrected chi connectivity index (χ2v) is 3.56. The number of pyridine rings is 1. The van der Waals surface area contributed by atoms with Crippen LogP contribution in [0.4, 0.5) is 0 Å². The first-order valence-corrected chi connectivity index (χ1v) is 5.01. The van der Waals surface area contributed by atoms with Crippen molar-refractivity contribution in [3.8, 4) is 11.1 Å². The van der Waals surface area contributed by atoms with Crippen LogP contribution in [0.5, 0.6) is 0 Å². The largest absolute Gasteiger partial charge is 0.477 e. The van der Waals surface area contributed by atoms with Crippen LogP contribution in [0.15, 0.2) is 42.5 Å². The van der Waals surface area contributed by atoms with Crippen molar-refractivity contribution >= 4 is 17.6 Å². The predicted molar refractivity (Wildman–Crippen MR) is 61.6 cm³/mol. The van der Waals surface area contributed by atoms with Gasteiger partial charge in [0.1, 0.15) is 10.8 Å². The van der Waals surface area contributed by atoms with Gasteiger partial charge in [0.15, 0.2) is 0 Å². The minimum Gasteiger partial charge on any atom is -0.477 e. The molecule has 1 aromatic heterocycles. The smallest absolute Gasteiger partial charge is 0.354 e. The molecule has 80 valence electrons. The summed E-state index contributed by atoms with van der Waals surface area (Å²) in [5, 5.41) is 8.95. The number of carbonyl (C=O) groups is 1. The quantitative estimate of drug-likeness (QED) is 0.811. The molecule has 1 N–H and O–H groups in total. The third-order valence-corrected chi connectivity index (χ3v) is 2.44. The van der Waals surface area contributed by atoms with Crippen LogP contribution in [0.25, 0.3) is 11.1 Å². The fraction of sp³-hybridized carbons (Fsp3) is 0. The second kappa shape index (κ2) is 4.33. The average Bonchev–Trinajstić information content (AvgIpc) is 2.30. The van der Waals surface area contributed by atoms with Gasteiger partial charge < -0.3 is 5.11 Å². The van der Waals surface area contributed by atoms with E-state index in [1.165, 1.54) is 6.07 Å². The monoisotopic (exact) mass is 233 g/mol. The van der Waals surface area contributed by atoms with Crippen LogP contribution in [0.1, 0.15) is 10.5 Å². The van der Waals surface area contributed by atoms with E-state index in [1.54, 1.807) is 6.07 Å². The Hall–Kier alpha value is -1.87. The summed E-state index contributed by atoms with van der Waals surface area (Å²) in [7, 11) is 0. The lowest BCUT2D eigenvalue weighted by atomic mass is 10.1. The van der Waals surface area contributed by atoms with E-state index in [9.17, 15) is 4.79 Å². The maximum Gasteiger partial charge on any atom is 0.354 e. The molecule has 0 unspecified atom stereocenters. The van der Waals surface area contributed by atoms with E-state index in [0.29, 0.717) is 0 Å². The normalized spacial score (nSPS) is 10.1. The van der Waals surface area contributed by atoms with E-state index in [1.807, 2.05) is 30.3 Å². The van der Waals surface area contributed by atoms with E-state index in [0.717, 1.165) is 11.1 Å². The summed E-state index contributed by atoms with van der Waals surface area (Å²) in [5.41, 5.74) is 1.59. The standard InChI is InChI=1S/C12H8ClNO2/c13-11-9(8-4-2-1-3-5-8)6-7-10(14-11)12(15)16/h1-7H,(H,15,16). The molecular formula is C12H8ClNO2. The molecule has 0 saturated heterocycles. The summed E-state index contributed by atoms with van der Waals surface area (Å²) < 4.78 is 0. The molecule has 0 aliphatic heterocycles. The minimum absolute atomic E-state index is 0.0512. The van der Waals surface area contributed by atoms with Gasteiger partial charge in [0.05, 0.1) is 0 Å². The lowest BCUT2D eigenvalue weighted by Crippen LogP contribution is -2.00. The average molecular weight is 234 g/mol. The summed E-state index contributed by atoms with van der Waals surface area (Å²) in [6.45, 7) is 0. The number of aromatic carboxylic acids is 1. The van der Waals surface area contributed by atoms with Crippen LogP contribution < -0.4 is 0 Å². The highest BCUT2D eigenvalue weighted by Gasteiger charge is 2.09. The SMILES string of the molecule is O=C(O)c1ccc(-c2ccccc2)c(Cl)n1. The zero-order valence-electron chi connectivity index (χ0n) is 8.22. The molecule has 0 saturated carbocycles. The predicted octanol–water partition coefficient (Wildman–Crippen LogP) is 3.10. The molecule has 1 aromatic carbocycles. The molecular weight excluding hydrogens is 226 g/mol. The van der Waals surface area contributed by atoms with Crippen molar-refractivity contribution in [2.75, 3.05) is 0 Å². The fourth-order valence-electron chi connectivity index (χ4n) is 1.39. The maximum absolute atomic E-state index is 10.7. The van der Waals surface area contributed by atoms with Crippen molar-refractivity contribution < 1.29 is 9.90 Å². The first kappa shape index (κ1) is 10.6. The molecule has 0 fully saturated rings. The molecule has 0 aliphatic carbocycles. The number of aromatic nitrogens is 1. The lowest BCUT2D eigenvalue weighted by Gasteiger charge is -2.04. The van der Waals surface area contributed by atoms with Gasteiger partial charge in [-0.25, -0.2) is 9.78 Å². The Morgan fingerprint density at radius 3 is 2.38 bits per heavy atom. The molecule has 0 radical (unpaired) electrons. The lowest BCUT2D eigenvalue weighted by molar-refractivity contribution is 0.0690. The molecule has 3 nitrogen and oxygen atoms in total. The molecule has 0 bridgehead atoms. The minimum atomic E-state index is -1.08. The molecule has 0 amide bonds. The van der Waals surface area contributed by atoms with E-state index in [-0.39, 0.29) is 10.8 Å². The van der Waals surface area contributed by atoms with E-state index in [2.05, 4.69) is 4.98 Å². The summed E-state index contributed by atoms with van der Waals surface area (Å²) >= 11 is 5.93. The van der Waals surface area contributed by atoms with Crippen LogP contribution in [-0.2, 0) is 0 Å². The maximum atomic E-state index is 10.7. The number of rotatable bonds is 2. The van der Waals surface area contributed by atoms with Crippen LogP contribution in [-0.4, -0.2) is 16.1 Å². The van der Waals surface area contributed by atoms with Crippen molar-refractivity contribution in [3.05, 3.63) is 53.3 Å². The first-order chi connectivity index (χ1) is 7.68. The number of benzene rings is 1. The van der Waals surface area contributed by atoms with Gasteiger partial charge in [0.25, 0.3) is 0 Å². The molecule has 0 atom stereocenters. The Kier molecular flexibility index (Phi) is 2.88. The van der Waals surface area contributed by atoms with Crippen LogP contribution in [0.2, 0.25) is 5.15 Å². The van der Waals surface area contributed by atoms with E-state index in [4.69, 9.17) is 16.7 Å². The van der Waals surface area contributed by atoms with Gasteiger partial charge in [0, 0.05) is 5.56 Å². The van der Waals surface area contributed by atoms with Crippen molar-refractivity contribution in [2.24, 2.45) is 0 Å². The molecule has 4 heteroatoms. The topological polar surface area (TPSA) is 50.2 Å². The van der Waals surface area contributed by atoms with E-state index < -0.39 is 5.97 Å². The van der Waals surface area contributed by atoms with Crippen molar-refractivity contribution in [3.63, 3.8) is 0 Å². The summed E-state index contributed by atoms with van der Waals surface area (Å²) in [6, 6.07) is 12.6. The van der Waals surface area contributed by atoms with Gasteiger partial charge in [0.2, 0.25) is 0 Å². The van der Waals surface area contributed by atoms with Crippen LogP contribution >= 0.6 is 11.6 Å². The van der Waals surface area contributed by atoms with E-state index >= 15 is 0 Å². The summed E-state index contributed by atoms with van der Waals surface area (Å²) in [4.78, 5) is 14.5. The zero-order chi connectivity index (χ0) is 11.5. The molecule has 2 rings (SSSR count). The highest BCUT2D eigenvalue weighted by molar-refractivity contribution is 6.32. The van der Waals surface area contributed by atoms with Crippen LogP contribution in [0.3, 0.4) is 0 Å². The Bertz CT molecular complexity index is 526. The van der Waals surface area contributed by atoms with Crippen molar-refractivity contribution in [1.82, 2.24) is 4.98 Å². The number of nitrogens with zero attached hydrogens (tertiary/aromatic N) is 1. The molecule has 1 heterocycles. The van der Waals surface area contributed by atoms with Crippen molar-refractivity contribution in [1.29, 1.82) is 0 Å². The number of hydrogen-bond donors (Lipinski definition) is 1. The van der Waals surface area contributed by atoms with Crippen LogP contribution in [0, 0.1) is 0 Å². The van der Waals surface area contributed by atoms with Crippen molar-refractivity contribution in [2.45, 2.75) is 0 Å². The first-order valence-electron chi connectivity index (χ1n) is 4.64. The third-order valence-electron chi connectivity index (χ3n) is 2.15. The van der Waals surface area contributed by atoms with Gasteiger partial charge >= 0.3 is 5.97 Å². The molecule has 0 aliphatic rings. The molecule has 0 spiro atoms. The van der Waals surface area contributed by atoms with Gasteiger partial charge in [-0.05, 0) is 17.7 Å². The Morgan fingerprint density at radius 2 is 1.81 bits per heavy atom. The van der Waals surface area contributed by atoms with Gasteiger partial charge in [-0.2, -0.15) is 0 Å².